The maximum atomic E-state index is 6.21. The van der Waals surface area contributed by atoms with E-state index in [1.807, 2.05) is 11.3 Å². The van der Waals surface area contributed by atoms with Gasteiger partial charge in [0.05, 0.1) is 12.6 Å². The molecule has 2 unspecified atom stereocenters. The standard InChI is InChI=1S/C14H26N2OS/c1-10(2)16(8-9-17-5)14(12(4)15)13-7-6-11(3)18-13/h6-7,10,12,14H,8-9,15H2,1-5H3. The molecule has 0 aliphatic carbocycles. The highest BCUT2D eigenvalue weighted by Crippen LogP contribution is 2.30. The zero-order chi connectivity index (χ0) is 13.7. The second kappa shape index (κ2) is 7.24. The number of hydrogen-bond donors (Lipinski definition) is 1. The van der Waals surface area contributed by atoms with Crippen molar-refractivity contribution in [3.05, 3.63) is 21.9 Å². The molecule has 1 aromatic rings. The van der Waals surface area contributed by atoms with Crippen LogP contribution in [0.3, 0.4) is 0 Å². The van der Waals surface area contributed by atoms with Crippen LogP contribution < -0.4 is 5.73 Å². The van der Waals surface area contributed by atoms with E-state index in [0.29, 0.717) is 6.04 Å². The molecular weight excluding hydrogens is 244 g/mol. The van der Waals surface area contributed by atoms with Gasteiger partial charge in [-0.1, -0.05) is 0 Å². The molecule has 0 fully saturated rings. The van der Waals surface area contributed by atoms with Crippen molar-refractivity contribution in [1.29, 1.82) is 0 Å². The van der Waals surface area contributed by atoms with Gasteiger partial charge in [0.1, 0.15) is 0 Å². The molecule has 0 spiro atoms. The van der Waals surface area contributed by atoms with Crippen molar-refractivity contribution < 1.29 is 4.74 Å². The third-order valence-corrected chi connectivity index (χ3v) is 4.20. The fourth-order valence-electron chi connectivity index (χ4n) is 2.25. The normalized spacial score (nSPS) is 15.3. The lowest BCUT2D eigenvalue weighted by Gasteiger charge is -2.36. The molecule has 0 saturated heterocycles. The zero-order valence-corrected chi connectivity index (χ0v) is 13.0. The highest BCUT2D eigenvalue weighted by molar-refractivity contribution is 7.12. The third-order valence-electron chi connectivity index (χ3n) is 3.12. The van der Waals surface area contributed by atoms with E-state index in [1.54, 1.807) is 7.11 Å². The van der Waals surface area contributed by atoms with E-state index in [9.17, 15) is 0 Å². The van der Waals surface area contributed by atoms with E-state index in [4.69, 9.17) is 10.5 Å². The molecule has 1 aromatic heterocycles. The number of nitrogens with zero attached hydrogens (tertiary/aromatic N) is 1. The van der Waals surface area contributed by atoms with Crippen molar-refractivity contribution in [3.63, 3.8) is 0 Å². The Balaban J connectivity index is 2.93. The molecule has 0 aliphatic heterocycles. The Bertz CT molecular complexity index is 349. The molecule has 1 rings (SSSR count). The van der Waals surface area contributed by atoms with Crippen molar-refractivity contribution in [2.75, 3.05) is 20.3 Å². The number of nitrogens with two attached hydrogens (primary N) is 1. The summed E-state index contributed by atoms with van der Waals surface area (Å²) >= 11 is 1.84. The number of aryl methyl sites for hydroxylation is 1. The van der Waals surface area contributed by atoms with Crippen molar-refractivity contribution in [1.82, 2.24) is 4.90 Å². The van der Waals surface area contributed by atoms with E-state index >= 15 is 0 Å². The van der Waals surface area contributed by atoms with Crippen molar-refractivity contribution >= 4 is 11.3 Å². The minimum absolute atomic E-state index is 0.113. The summed E-state index contributed by atoms with van der Waals surface area (Å²) in [5, 5.41) is 0. The SMILES string of the molecule is COCCN(C(C)C)C(c1ccc(C)s1)C(C)N. The van der Waals surface area contributed by atoms with Crippen LogP contribution in [0.15, 0.2) is 12.1 Å². The molecule has 104 valence electrons. The summed E-state index contributed by atoms with van der Waals surface area (Å²) in [6.45, 7) is 10.3. The first kappa shape index (κ1) is 15.6. The molecule has 0 aliphatic rings. The van der Waals surface area contributed by atoms with Gasteiger partial charge in [0.25, 0.3) is 0 Å². The van der Waals surface area contributed by atoms with Crippen LogP contribution in [-0.4, -0.2) is 37.2 Å². The minimum atomic E-state index is 0.113. The maximum Gasteiger partial charge on any atom is 0.0593 e. The van der Waals surface area contributed by atoms with Gasteiger partial charge in [-0.3, -0.25) is 4.90 Å². The third kappa shape index (κ3) is 4.05. The maximum absolute atomic E-state index is 6.21. The summed E-state index contributed by atoms with van der Waals surface area (Å²) in [5.74, 6) is 0. The van der Waals surface area contributed by atoms with Crippen LogP contribution in [0, 0.1) is 6.92 Å². The van der Waals surface area contributed by atoms with E-state index in [1.165, 1.54) is 9.75 Å². The molecule has 0 saturated carbocycles. The summed E-state index contributed by atoms with van der Waals surface area (Å²) in [7, 11) is 1.74. The van der Waals surface area contributed by atoms with Crippen molar-refractivity contribution in [3.8, 4) is 0 Å². The second-order valence-corrected chi connectivity index (χ2v) is 6.40. The molecule has 1 heterocycles. The van der Waals surface area contributed by atoms with Gasteiger partial charge in [0.2, 0.25) is 0 Å². The number of ether oxygens (including phenoxy) is 1. The second-order valence-electron chi connectivity index (χ2n) is 5.08. The first-order valence-electron chi connectivity index (χ1n) is 6.54. The molecule has 0 bridgehead atoms. The number of hydrogen-bond acceptors (Lipinski definition) is 4. The van der Waals surface area contributed by atoms with Crippen LogP contribution in [0.2, 0.25) is 0 Å². The predicted molar refractivity (Wildman–Crippen MR) is 79.2 cm³/mol. The fourth-order valence-corrected chi connectivity index (χ4v) is 3.37. The first-order valence-corrected chi connectivity index (χ1v) is 7.35. The smallest absolute Gasteiger partial charge is 0.0593 e. The Hall–Kier alpha value is -0.420. The Morgan fingerprint density at radius 3 is 2.39 bits per heavy atom. The molecule has 0 aromatic carbocycles. The van der Waals surface area contributed by atoms with E-state index in [0.717, 1.165) is 13.2 Å². The Morgan fingerprint density at radius 1 is 1.33 bits per heavy atom. The zero-order valence-electron chi connectivity index (χ0n) is 12.1. The van der Waals surface area contributed by atoms with Crippen molar-refractivity contribution in [2.45, 2.75) is 45.8 Å². The largest absolute Gasteiger partial charge is 0.383 e. The first-order chi connectivity index (χ1) is 8.47. The molecule has 2 atom stereocenters. The number of thiophene rings is 1. The van der Waals surface area contributed by atoms with E-state index in [2.05, 4.69) is 44.7 Å². The molecule has 2 N–H and O–H groups in total. The van der Waals surface area contributed by atoms with E-state index < -0.39 is 0 Å². The average Bonchev–Trinajstić information content (AvgIpc) is 2.69. The summed E-state index contributed by atoms with van der Waals surface area (Å²) in [5.41, 5.74) is 6.21. The highest BCUT2D eigenvalue weighted by atomic mass is 32.1. The summed E-state index contributed by atoms with van der Waals surface area (Å²) in [6, 6.07) is 5.22. The molecule has 0 radical (unpaired) electrons. The Kier molecular flexibility index (Phi) is 6.29. The van der Waals surface area contributed by atoms with E-state index in [-0.39, 0.29) is 12.1 Å². The van der Waals surface area contributed by atoms with Gasteiger partial charge in [-0.25, -0.2) is 0 Å². The molecule has 4 heteroatoms. The monoisotopic (exact) mass is 270 g/mol. The summed E-state index contributed by atoms with van der Waals surface area (Å²) < 4.78 is 5.21. The van der Waals surface area contributed by atoms with Gasteiger partial charge in [0, 0.05) is 35.5 Å². The predicted octanol–water partition coefficient (Wildman–Crippen LogP) is 2.80. The highest BCUT2D eigenvalue weighted by Gasteiger charge is 2.27. The molecule has 18 heavy (non-hydrogen) atoms. The van der Waals surface area contributed by atoms with Gasteiger partial charge in [-0.15, -0.1) is 11.3 Å². The van der Waals surface area contributed by atoms with Gasteiger partial charge in [-0.05, 0) is 39.8 Å². The lowest BCUT2D eigenvalue weighted by atomic mass is 10.1. The van der Waals surface area contributed by atoms with Crippen LogP contribution in [0.4, 0.5) is 0 Å². The Labute approximate surface area is 115 Å². The lowest BCUT2D eigenvalue weighted by Crippen LogP contribution is -2.44. The average molecular weight is 270 g/mol. The van der Waals surface area contributed by atoms with Crippen LogP contribution in [0.5, 0.6) is 0 Å². The minimum Gasteiger partial charge on any atom is -0.383 e. The molecule has 0 amide bonds. The van der Waals surface area contributed by atoms with Gasteiger partial charge < -0.3 is 10.5 Å². The van der Waals surface area contributed by atoms with Crippen LogP contribution in [0.25, 0.3) is 0 Å². The topological polar surface area (TPSA) is 38.5 Å². The van der Waals surface area contributed by atoms with Gasteiger partial charge in [0.15, 0.2) is 0 Å². The summed E-state index contributed by atoms with van der Waals surface area (Å²) in [4.78, 5) is 5.12. The van der Waals surface area contributed by atoms with Crippen molar-refractivity contribution in [2.24, 2.45) is 5.73 Å². The Morgan fingerprint density at radius 2 is 2.00 bits per heavy atom. The van der Waals surface area contributed by atoms with Crippen LogP contribution in [-0.2, 0) is 4.74 Å². The van der Waals surface area contributed by atoms with Gasteiger partial charge >= 0.3 is 0 Å². The lowest BCUT2D eigenvalue weighted by molar-refractivity contribution is 0.0878. The van der Waals surface area contributed by atoms with Crippen LogP contribution in [0.1, 0.15) is 36.6 Å². The fraction of sp³-hybridized carbons (Fsp3) is 0.714. The number of methoxy groups -OCH3 is 1. The summed E-state index contributed by atoms with van der Waals surface area (Å²) in [6.07, 6.45) is 0. The van der Waals surface area contributed by atoms with Crippen LogP contribution >= 0.6 is 11.3 Å². The molecular formula is C14H26N2OS. The quantitative estimate of drug-likeness (QED) is 0.828. The number of rotatable bonds is 7. The van der Waals surface area contributed by atoms with Gasteiger partial charge in [-0.2, -0.15) is 0 Å². The molecule has 3 nitrogen and oxygen atoms in total.